The van der Waals surface area contributed by atoms with E-state index in [1.54, 1.807) is 24.3 Å². The van der Waals surface area contributed by atoms with Crippen LogP contribution in [0, 0.1) is 0 Å². The van der Waals surface area contributed by atoms with E-state index in [2.05, 4.69) is 10.2 Å². The molecule has 0 saturated heterocycles. The molecule has 0 atom stereocenters. The fourth-order valence-corrected chi connectivity index (χ4v) is 2.16. The molecule has 112 valence electrons. The van der Waals surface area contributed by atoms with Gasteiger partial charge in [0.25, 0.3) is 0 Å². The molecule has 0 aliphatic heterocycles. The van der Waals surface area contributed by atoms with Crippen LogP contribution in [0.3, 0.4) is 0 Å². The number of benzene rings is 3. The molecule has 0 aromatic heterocycles. The molecule has 6 heteroatoms. The number of hydrogen-bond donors (Lipinski definition) is 2. The van der Waals surface area contributed by atoms with Gasteiger partial charge in [0.05, 0.1) is 16.9 Å². The Bertz CT molecular complexity index is 894. The predicted octanol–water partition coefficient (Wildman–Crippen LogP) is 3.74. The number of hydrogen-bond acceptors (Lipinski definition) is 4. The van der Waals surface area contributed by atoms with Crippen LogP contribution in [-0.4, -0.2) is 53.9 Å². The third kappa shape index (κ3) is 4.07. The number of azo groups is 1. The van der Waals surface area contributed by atoms with Crippen molar-refractivity contribution in [3.8, 4) is 5.75 Å². The van der Waals surface area contributed by atoms with Crippen LogP contribution >= 0.6 is 0 Å². The van der Waals surface area contributed by atoms with Gasteiger partial charge in [0.1, 0.15) is 5.75 Å². The summed E-state index contributed by atoms with van der Waals surface area (Å²) in [5.74, 6) is -0.917. The first-order chi connectivity index (χ1) is 10.6. The summed E-state index contributed by atoms with van der Waals surface area (Å²) >= 11 is 0. The number of nitrogens with zero attached hydrogens (tertiary/aromatic N) is 2. The number of carbonyl (C=O) groups is 1. The second-order valence-corrected chi connectivity index (χ2v) is 4.74. The average Bonchev–Trinajstić information content (AvgIpc) is 2.52. The third-order valence-corrected chi connectivity index (χ3v) is 3.19. The number of fused-ring (bicyclic) bond motifs is 1. The fourth-order valence-electron chi connectivity index (χ4n) is 2.16. The summed E-state index contributed by atoms with van der Waals surface area (Å²) in [5, 5.41) is 28.4. The molecule has 3 rings (SSSR count). The van der Waals surface area contributed by atoms with Gasteiger partial charge in [-0.05, 0) is 29.7 Å². The summed E-state index contributed by atoms with van der Waals surface area (Å²) in [6.07, 6.45) is 0. The molecular weight excluding hydrogens is 320 g/mol. The summed E-state index contributed by atoms with van der Waals surface area (Å²) < 4.78 is 0. The molecule has 3 aromatic rings. The standard InChI is InChI=1S/C17H12N2O3.Ca.2H/c20-14-6-3-5-13(10-14)18-19-16-9-12(17(21)22)8-11-4-1-2-7-15(11)16;;;/h1-10,20H,(H,21,22);;;. The Morgan fingerprint density at radius 1 is 0.913 bits per heavy atom. The number of aromatic carboxylic acids is 1. The molecule has 0 aliphatic carbocycles. The quantitative estimate of drug-likeness (QED) is 0.565. The van der Waals surface area contributed by atoms with Gasteiger partial charge in [-0.1, -0.05) is 30.3 Å². The van der Waals surface area contributed by atoms with Crippen molar-refractivity contribution in [3.05, 3.63) is 66.2 Å². The first kappa shape index (κ1) is 17.4. The summed E-state index contributed by atoms with van der Waals surface area (Å²) in [6.45, 7) is 0. The van der Waals surface area contributed by atoms with Gasteiger partial charge in [-0.2, -0.15) is 5.11 Å². The topological polar surface area (TPSA) is 82.2 Å². The number of aromatic hydroxyl groups is 1. The molecule has 0 heterocycles. The van der Waals surface area contributed by atoms with Crippen LogP contribution in [0.4, 0.5) is 11.4 Å². The Balaban J connectivity index is 0.00000192. The summed E-state index contributed by atoms with van der Waals surface area (Å²) in [5.41, 5.74) is 1.12. The maximum absolute atomic E-state index is 11.2. The van der Waals surface area contributed by atoms with Crippen molar-refractivity contribution in [1.29, 1.82) is 0 Å². The number of carboxylic acids is 1. The van der Waals surface area contributed by atoms with Crippen molar-refractivity contribution in [1.82, 2.24) is 0 Å². The van der Waals surface area contributed by atoms with Crippen molar-refractivity contribution in [3.63, 3.8) is 0 Å². The zero-order chi connectivity index (χ0) is 15.5. The van der Waals surface area contributed by atoms with Gasteiger partial charge >= 0.3 is 43.7 Å². The Labute approximate surface area is 162 Å². The number of phenols is 1. The fraction of sp³-hybridized carbons (Fsp3) is 0. The molecule has 0 radical (unpaired) electrons. The molecule has 0 saturated carbocycles. The molecule has 0 bridgehead atoms. The molecule has 0 fully saturated rings. The van der Waals surface area contributed by atoms with Gasteiger partial charge in [0.2, 0.25) is 0 Å². The Morgan fingerprint density at radius 2 is 1.70 bits per heavy atom. The van der Waals surface area contributed by atoms with E-state index in [4.69, 9.17) is 0 Å². The van der Waals surface area contributed by atoms with Crippen molar-refractivity contribution < 1.29 is 15.0 Å². The molecule has 2 N–H and O–H groups in total. The molecule has 23 heavy (non-hydrogen) atoms. The van der Waals surface area contributed by atoms with Gasteiger partial charge in [-0.3, -0.25) is 0 Å². The van der Waals surface area contributed by atoms with Crippen molar-refractivity contribution in [2.24, 2.45) is 10.2 Å². The molecule has 5 nitrogen and oxygen atoms in total. The van der Waals surface area contributed by atoms with Crippen LogP contribution in [0.2, 0.25) is 0 Å². The number of carboxylic acid groups (broad SMARTS) is 1. The van der Waals surface area contributed by atoms with Gasteiger partial charge < -0.3 is 10.2 Å². The minimum absolute atomic E-state index is 0. The van der Waals surface area contributed by atoms with E-state index in [0.29, 0.717) is 11.4 Å². The summed E-state index contributed by atoms with van der Waals surface area (Å²) in [6, 6.07) is 16.9. The molecule has 0 spiro atoms. The molecule has 0 aliphatic rings. The Kier molecular flexibility index (Phi) is 5.71. The van der Waals surface area contributed by atoms with E-state index >= 15 is 0 Å². The predicted molar refractivity (Wildman–Crippen MR) is 91.7 cm³/mol. The van der Waals surface area contributed by atoms with Gasteiger partial charge in [0.15, 0.2) is 0 Å². The summed E-state index contributed by atoms with van der Waals surface area (Å²) in [4.78, 5) is 11.2. The zero-order valence-corrected chi connectivity index (χ0v) is 11.5. The molecular formula is C17H14CaN2O3. The number of rotatable bonds is 3. The molecule has 3 aromatic carbocycles. The van der Waals surface area contributed by atoms with Gasteiger partial charge in [-0.15, -0.1) is 5.11 Å². The zero-order valence-electron chi connectivity index (χ0n) is 11.5. The van der Waals surface area contributed by atoms with Crippen molar-refractivity contribution in [2.45, 2.75) is 0 Å². The second-order valence-electron chi connectivity index (χ2n) is 4.74. The van der Waals surface area contributed by atoms with Crippen molar-refractivity contribution >= 4 is 65.9 Å². The van der Waals surface area contributed by atoms with E-state index in [1.165, 1.54) is 12.1 Å². The number of phenolic OH excluding ortho intramolecular Hbond substituents is 1. The van der Waals surface area contributed by atoms with Crippen molar-refractivity contribution in [2.75, 3.05) is 0 Å². The Hall–Kier alpha value is -1.95. The van der Waals surface area contributed by atoms with E-state index < -0.39 is 5.97 Å². The maximum atomic E-state index is 11.2. The molecule has 0 unspecified atom stereocenters. The minimum atomic E-state index is -1.01. The second kappa shape index (κ2) is 7.55. The molecule has 0 amide bonds. The summed E-state index contributed by atoms with van der Waals surface area (Å²) in [7, 11) is 0. The van der Waals surface area contributed by atoms with Gasteiger partial charge in [-0.25, -0.2) is 4.79 Å². The first-order valence-corrected chi connectivity index (χ1v) is 6.60. The normalized spacial score (nSPS) is 10.6. The first-order valence-electron chi connectivity index (χ1n) is 6.60. The van der Waals surface area contributed by atoms with Crippen LogP contribution < -0.4 is 0 Å². The van der Waals surface area contributed by atoms with E-state index in [1.807, 2.05) is 24.3 Å². The van der Waals surface area contributed by atoms with Crippen LogP contribution in [0.15, 0.2) is 70.9 Å². The van der Waals surface area contributed by atoms with Crippen LogP contribution in [0.5, 0.6) is 5.75 Å². The van der Waals surface area contributed by atoms with Crippen LogP contribution in [0.25, 0.3) is 10.8 Å². The van der Waals surface area contributed by atoms with E-state index in [9.17, 15) is 15.0 Å². The Morgan fingerprint density at radius 3 is 2.43 bits per heavy atom. The third-order valence-electron chi connectivity index (χ3n) is 3.19. The van der Waals surface area contributed by atoms with E-state index in [-0.39, 0.29) is 49.1 Å². The monoisotopic (exact) mass is 334 g/mol. The van der Waals surface area contributed by atoms with Crippen LogP contribution in [-0.2, 0) is 0 Å². The van der Waals surface area contributed by atoms with E-state index in [0.717, 1.165) is 10.8 Å². The SMILES string of the molecule is O=C(O)c1cc(N=Nc2cccc(O)c2)c2ccccc2c1.[CaH2]. The van der Waals surface area contributed by atoms with Crippen LogP contribution in [0.1, 0.15) is 10.4 Å². The average molecular weight is 334 g/mol. The van der Waals surface area contributed by atoms with Gasteiger partial charge in [0, 0.05) is 11.5 Å².